The van der Waals surface area contributed by atoms with Gasteiger partial charge in [0.25, 0.3) is 0 Å². The first-order valence-corrected chi connectivity index (χ1v) is 17.0. The first kappa shape index (κ1) is 27.8. The molecule has 1 atom stereocenters. The summed E-state index contributed by atoms with van der Waals surface area (Å²) < 4.78 is 2.62. The van der Waals surface area contributed by atoms with Crippen LogP contribution in [0.25, 0.3) is 76.6 Å². The maximum Gasteiger partial charge on any atom is 0.164 e. The van der Waals surface area contributed by atoms with Gasteiger partial charge < -0.3 is 0 Å². The molecule has 6 aromatic carbocycles. The van der Waals surface area contributed by atoms with Gasteiger partial charge in [-0.15, -0.1) is 11.3 Å². The van der Waals surface area contributed by atoms with Gasteiger partial charge in [-0.1, -0.05) is 147 Å². The molecule has 9 rings (SSSR count). The highest BCUT2D eigenvalue weighted by Crippen LogP contribution is 2.53. The topological polar surface area (TPSA) is 38.7 Å². The number of fused-ring (bicyclic) bond motifs is 6. The quantitative estimate of drug-likeness (QED) is 0.192. The number of nitrogens with zero attached hydrogens (tertiary/aromatic N) is 3. The van der Waals surface area contributed by atoms with Crippen LogP contribution < -0.4 is 0 Å². The van der Waals surface area contributed by atoms with Crippen molar-refractivity contribution < 1.29 is 0 Å². The summed E-state index contributed by atoms with van der Waals surface area (Å²) in [7, 11) is 0. The monoisotopic (exact) mass is 621 g/mol. The molecule has 1 aliphatic carbocycles. The number of hydrogen-bond acceptors (Lipinski definition) is 4. The minimum atomic E-state index is -0.0623. The second-order valence-electron chi connectivity index (χ2n) is 12.5. The standard InChI is InChI=1S/C43H31N3S/c1-3-43(2)35-20-9-7-16-33(35)38-34(19-12-21-36(38)43)42-45-40(28-13-5-4-6-14-28)44-41(46-42)29-25-23-27(24-26-29)30-17-11-18-32-31-15-8-10-22-37(31)47-39(30)32/h4-26H,3H2,1-2H3. The molecule has 0 spiro atoms. The molecular formula is C43H31N3S. The Hall–Kier alpha value is -5.45. The van der Waals surface area contributed by atoms with E-state index in [4.69, 9.17) is 15.0 Å². The van der Waals surface area contributed by atoms with Crippen LogP contribution in [0.3, 0.4) is 0 Å². The zero-order valence-corrected chi connectivity index (χ0v) is 27.1. The summed E-state index contributed by atoms with van der Waals surface area (Å²) in [6, 6.07) is 49.6. The highest BCUT2D eigenvalue weighted by Gasteiger charge is 2.39. The zero-order chi connectivity index (χ0) is 31.5. The third kappa shape index (κ3) is 4.36. The Morgan fingerprint density at radius 3 is 1.87 bits per heavy atom. The van der Waals surface area contributed by atoms with Crippen LogP contribution in [0.1, 0.15) is 31.4 Å². The van der Waals surface area contributed by atoms with Crippen molar-refractivity contribution in [2.45, 2.75) is 25.7 Å². The Morgan fingerprint density at radius 1 is 0.489 bits per heavy atom. The Kier molecular flexibility index (Phi) is 6.41. The molecule has 0 saturated carbocycles. The van der Waals surface area contributed by atoms with Crippen LogP contribution >= 0.6 is 11.3 Å². The average Bonchev–Trinajstić information content (AvgIpc) is 3.65. The SMILES string of the molecule is CCC1(C)c2ccccc2-c2c(-c3nc(-c4ccccc4)nc(-c4ccc(-c5cccc6c5sc5ccccc56)cc4)n3)cccc21. The van der Waals surface area contributed by atoms with E-state index < -0.39 is 0 Å². The fourth-order valence-electron chi connectivity index (χ4n) is 7.31. The van der Waals surface area contributed by atoms with Gasteiger partial charge in [-0.05, 0) is 45.9 Å². The van der Waals surface area contributed by atoms with Crippen molar-refractivity contribution in [3.8, 4) is 56.4 Å². The second kappa shape index (κ2) is 10.8. The predicted octanol–water partition coefficient (Wildman–Crippen LogP) is 11.6. The molecule has 1 unspecified atom stereocenters. The smallest absolute Gasteiger partial charge is 0.164 e. The molecule has 0 aliphatic heterocycles. The van der Waals surface area contributed by atoms with Gasteiger partial charge in [-0.3, -0.25) is 0 Å². The van der Waals surface area contributed by atoms with E-state index in [1.54, 1.807) is 0 Å². The van der Waals surface area contributed by atoms with Crippen LogP contribution in [-0.2, 0) is 5.41 Å². The van der Waals surface area contributed by atoms with Crippen LogP contribution in [0.2, 0.25) is 0 Å². The molecular weight excluding hydrogens is 591 g/mol. The van der Waals surface area contributed by atoms with Crippen molar-refractivity contribution in [1.29, 1.82) is 0 Å². The van der Waals surface area contributed by atoms with E-state index in [1.165, 1.54) is 53.6 Å². The lowest BCUT2D eigenvalue weighted by atomic mass is 9.78. The van der Waals surface area contributed by atoms with Crippen LogP contribution in [0.5, 0.6) is 0 Å². The van der Waals surface area contributed by atoms with Gasteiger partial charge in [0.2, 0.25) is 0 Å². The molecule has 4 heteroatoms. The van der Waals surface area contributed by atoms with Gasteiger partial charge in [0.05, 0.1) is 0 Å². The van der Waals surface area contributed by atoms with Gasteiger partial charge in [-0.2, -0.15) is 0 Å². The largest absolute Gasteiger partial charge is 0.208 e. The molecule has 8 aromatic rings. The highest BCUT2D eigenvalue weighted by atomic mass is 32.1. The number of aromatic nitrogens is 3. The molecule has 1 aliphatic rings. The van der Waals surface area contributed by atoms with E-state index in [-0.39, 0.29) is 5.41 Å². The zero-order valence-electron chi connectivity index (χ0n) is 26.2. The minimum Gasteiger partial charge on any atom is -0.208 e. The van der Waals surface area contributed by atoms with Crippen LogP contribution in [-0.4, -0.2) is 15.0 Å². The summed E-state index contributed by atoms with van der Waals surface area (Å²) in [4.78, 5) is 15.4. The number of benzene rings is 6. The Labute approximate surface area is 278 Å². The predicted molar refractivity (Wildman–Crippen MR) is 197 cm³/mol. The Balaban J connectivity index is 1.20. The first-order valence-electron chi connectivity index (χ1n) is 16.2. The summed E-state index contributed by atoms with van der Waals surface area (Å²) in [5.74, 6) is 2.04. The van der Waals surface area contributed by atoms with Gasteiger partial charge in [0, 0.05) is 42.3 Å². The molecule has 0 N–H and O–H groups in total. The van der Waals surface area contributed by atoms with E-state index in [1.807, 2.05) is 29.5 Å². The fourth-order valence-corrected chi connectivity index (χ4v) is 8.55. The number of rotatable bonds is 5. The van der Waals surface area contributed by atoms with Crippen LogP contribution in [0.15, 0.2) is 140 Å². The lowest BCUT2D eigenvalue weighted by Gasteiger charge is -2.25. The molecule has 0 amide bonds. The maximum atomic E-state index is 5.18. The lowest BCUT2D eigenvalue weighted by Crippen LogP contribution is -2.19. The van der Waals surface area contributed by atoms with E-state index in [2.05, 4.69) is 135 Å². The summed E-state index contributed by atoms with van der Waals surface area (Å²) in [6.45, 7) is 4.63. The van der Waals surface area contributed by atoms with Gasteiger partial charge >= 0.3 is 0 Å². The summed E-state index contributed by atoms with van der Waals surface area (Å²) in [5.41, 5.74) is 10.5. The fraction of sp³-hybridized carbons (Fsp3) is 0.0930. The van der Waals surface area contributed by atoms with Gasteiger partial charge in [0.1, 0.15) is 0 Å². The van der Waals surface area contributed by atoms with Gasteiger partial charge in [0.15, 0.2) is 17.5 Å². The lowest BCUT2D eigenvalue weighted by molar-refractivity contribution is 0.564. The van der Waals surface area contributed by atoms with Crippen LogP contribution in [0.4, 0.5) is 0 Å². The number of thiophene rings is 1. The maximum absolute atomic E-state index is 5.18. The molecule has 0 saturated heterocycles. The van der Waals surface area contributed by atoms with E-state index in [0.717, 1.165) is 23.1 Å². The molecule has 0 fully saturated rings. The van der Waals surface area contributed by atoms with Gasteiger partial charge in [-0.25, -0.2) is 15.0 Å². The van der Waals surface area contributed by atoms with E-state index in [0.29, 0.717) is 17.5 Å². The van der Waals surface area contributed by atoms with Crippen molar-refractivity contribution >= 4 is 31.5 Å². The summed E-state index contributed by atoms with van der Waals surface area (Å²) >= 11 is 1.86. The first-order chi connectivity index (χ1) is 23.1. The Morgan fingerprint density at radius 2 is 1.06 bits per heavy atom. The van der Waals surface area contributed by atoms with Crippen molar-refractivity contribution in [3.05, 3.63) is 151 Å². The third-order valence-electron chi connectivity index (χ3n) is 9.92. The second-order valence-corrected chi connectivity index (χ2v) is 13.5. The van der Waals surface area contributed by atoms with Crippen molar-refractivity contribution in [1.82, 2.24) is 15.0 Å². The van der Waals surface area contributed by atoms with Crippen LogP contribution in [0, 0.1) is 0 Å². The third-order valence-corrected chi connectivity index (χ3v) is 11.1. The van der Waals surface area contributed by atoms with Crippen molar-refractivity contribution in [2.24, 2.45) is 0 Å². The van der Waals surface area contributed by atoms with Crippen molar-refractivity contribution in [2.75, 3.05) is 0 Å². The highest BCUT2D eigenvalue weighted by molar-refractivity contribution is 7.26. The van der Waals surface area contributed by atoms with E-state index in [9.17, 15) is 0 Å². The minimum absolute atomic E-state index is 0.0623. The number of hydrogen-bond donors (Lipinski definition) is 0. The summed E-state index contributed by atoms with van der Waals surface area (Å²) in [5, 5.41) is 2.62. The Bertz CT molecular complexity index is 2460. The molecule has 2 heterocycles. The molecule has 47 heavy (non-hydrogen) atoms. The normalized spacial score (nSPS) is 15.2. The molecule has 3 nitrogen and oxygen atoms in total. The van der Waals surface area contributed by atoms with E-state index >= 15 is 0 Å². The molecule has 224 valence electrons. The van der Waals surface area contributed by atoms with Crippen molar-refractivity contribution in [3.63, 3.8) is 0 Å². The average molecular weight is 622 g/mol. The molecule has 0 radical (unpaired) electrons. The summed E-state index contributed by atoms with van der Waals surface area (Å²) in [6.07, 6.45) is 1.01. The molecule has 0 bridgehead atoms. The molecule has 2 aromatic heterocycles.